The van der Waals surface area contributed by atoms with Gasteiger partial charge in [0.2, 0.25) is 0 Å². The lowest BCUT2D eigenvalue weighted by Crippen LogP contribution is -2.34. The van der Waals surface area contributed by atoms with Crippen molar-refractivity contribution in [2.24, 2.45) is 0 Å². The van der Waals surface area contributed by atoms with Crippen LogP contribution in [0.25, 0.3) is 0 Å². The van der Waals surface area contributed by atoms with E-state index in [2.05, 4.69) is 10.6 Å². The van der Waals surface area contributed by atoms with Gasteiger partial charge in [-0.1, -0.05) is 0 Å². The fourth-order valence-electron chi connectivity index (χ4n) is 2.43. The molecule has 1 aliphatic heterocycles. The van der Waals surface area contributed by atoms with Crippen molar-refractivity contribution in [1.82, 2.24) is 0 Å². The van der Waals surface area contributed by atoms with Crippen molar-refractivity contribution >= 4 is 34.6 Å². The molecule has 138 valence electrons. The molecule has 2 N–H and O–H groups in total. The molecule has 2 aromatic carbocycles. The molecule has 0 radical (unpaired) electrons. The van der Waals surface area contributed by atoms with E-state index < -0.39 is 33.2 Å². The molecule has 2 amide bonds. The van der Waals surface area contributed by atoms with Crippen LogP contribution in [0.2, 0.25) is 0 Å². The Balaban J connectivity index is 1.88. The van der Waals surface area contributed by atoms with Gasteiger partial charge in [0, 0.05) is 17.8 Å². The minimum absolute atomic E-state index is 0.248. The third-order valence-corrected chi connectivity index (χ3v) is 3.75. The first kappa shape index (κ1) is 17.8. The highest BCUT2D eigenvalue weighted by Crippen LogP contribution is 2.32. The third-order valence-electron chi connectivity index (χ3n) is 3.75. The molecule has 0 saturated carbocycles. The summed E-state index contributed by atoms with van der Waals surface area (Å²) >= 11 is 0. The van der Waals surface area contributed by atoms with Crippen LogP contribution in [0.3, 0.4) is 0 Å². The van der Waals surface area contributed by atoms with Crippen LogP contribution in [0, 0.1) is 20.2 Å². The SMILES string of the molecule is CC1Oc2ccc(NC(=O)c3cc([N+](=O)[O-])cc([N+](=O)[O-])c3)cc2NC1=O. The van der Waals surface area contributed by atoms with E-state index in [-0.39, 0.29) is 17.2 Å². The summed E-state index contributed by atoms with van der Waals surface area (Å²) in [5.41, 5.74) is -0.779. The zero-order chi connectivity index (χ0) is 19.7. The molecule has 27 heavy (non-hydrogen) atoms. The Kier molecular flexibility index (Phi) is 4.42. The van der Waals surface area contributed by atoms with Crippen LogP contribution >= 0.6 is 0 Å². The maximum atomic E-state index is 12.4. The Morgan fingerprint density at radius 2 is 1.74 bits per heavy atom. The number of hydrogen-bond donors (Lipinski definition) is 2. The number of benzene rings is 2. The molecule has 2 aromatic rings. The zero-order valence-corrected chi connectivity index (χ0v) is 13.8. The van der Waals surface area contributed by atoms with Crippen molar-refractivity contribution < 1.29 is 24.2 Å². The second kappa shape index (κ2) is 6.71. The Labute approximate surface area is 151 Å². The van der Waals surface area contributed by atoms with Crippen LogP contribution in [-0.4, -0.2) is 27.8 Å². The van der Waals surface area contributed by atoms with E-state index in [4.69, 9.17) is 4.74 Å². The Hall–Kier alpha value is -4.02. The molecular weight excluding hydrogens is 360 g/mol. The number of amides is 2. The van der Waals surface area contributed by atoms with E-state index in [0.29, 0.717) is 11.4 Å². The fraction of sp³-hybridized carbons (Fsp3) is 0.125. The lowest BCUT2D eigenvalue weighted by molar-refractivity contribution is -0.394. The molecular formula is C16H12N4O7. The predicted molar refractivity (Wildman–Crippen MR) is 92.9 cm³/mol. The molecule has 3 rings (SSSR count). The maximum absolute atomic E-state index is 12.4. The Bertz CT molecular complexity index is 956. The smallest absolute Gasteiger partial charge is 0.277 e. The van der Waals surface area contributed by atoms with E-state index in [9.17, 15) is 29.8 Å². The highest BCUT2D eigenvalue weighted by Gasteiger charge is 2.24. The average Bonchev–Trinajstić information content (AvgIpc) is 2.62. The molecule has 0 aromatic heterocycles. The normalized spacial score (nSPS) is 15.1. The van der Waals surface area contributed by atoms with Crippen LogP contribution in [0.15, 0.2) is 36.4 Å². The third kappa shape index (κ3) is 3.66. The quantitative estimate of drug-likeness (QED) is 0.617. The molecule has 0 bridgehead atoms. The molecule has 0 spiro atoms. The summed E-state index contributed by atoms with van der Waals surface area (Å²) in [7, 11) is 0. The van der Waals surface area contributed by atoms with Crippen LogP contribution in [-0.2, 0) is 4.79 Å². The number of nitrogens with one attached hydrogen (secondary N) is 2. The maximum Gasteiger partial charge on any atom is 0.277 e. The average molecular weight is 372 g/mol. The molecule has 1 atom stereocenters. The van der Waals surface area contributed by atoms with Crippen LogP contribution in [0.5, 0.6) is 5.75 Å². The molecule has 1 heterocycles. The van der Waals surface area contributed by atoms with Gasteiger partial charge in [-0.2, -0.15) is 0 Å². The van der Waals surface area contributed by atoms with Gasteiger partial charge in [-0.3, -0.25) is 29.8 Å². The lowest BCUT2D eigenvalue weighted by Gasteiger charge is -2.23. The number of nitro groups is 2. The zero-order valence-electron chi connectivity index (χ0n) is 13.8. The number of nitrogens with zero attached hydrogens (tertiary/aromatic N) is 2. The van der Waals surface area contributed by atoms with Gasteiger partial charge in [-0.25, -0.2) is 0 Å². The van der Waals surface area contributed by atoms with Crippen molar-refractivity contribution in [2.45, 2.75) is 13.0 Å². The van der Waals surface area contributed by atoms with Crippen molar-refractivity contribution in [1.29, 1.82) is 0 Å². The number of nitro benzene ring substituents is 2. The highest BCUT2D eigenvalue weighted by atomic mass is 16.6. The van der Waals surface area contributed by atoms with Crippen molar-refractivity contribution in [3.05, 3.63) is 62.2 Å². The summed E-state index contributed by atoms with van der Waals surface area (Å²) in [5.74, 6) is -0.704. The molecule has 11 heteroatoms. The first-order chi connectivity index (χ1) is 12.7. The molecule has 1 aliphatic rings. The number of hydrogen-bond acceptors (Lipinski definition) is 7. The number of carbonyl (C=O) groups is 2. The monoisotopic (exact) mass is 372 g/mol. The summed E-state index contributed by atoms with van der Waals surface area (Å²) < 4.78 is 5.40. The minimum atomic E-state index is -0.823. The van der Waals surface area contributed by atoms with E-state index in [1.54, 1.807) is 6.92 Å². The summed E-state index contributed by atoms with van der Waals surface area (Å²) in [6.07, 6.45) is -0.650. The highest BCUT2D eigenvalue weighted by molar-refractivity contribution is 6.06. The van der Waals surface area contributed by atoms with Crippen molar-refractivity contribution in [2.75, 3.05) is 10.6 Å². The Morgan fingerprint density at radius 1 is 1.11 bits per heavy atom. The van der Waals surface area contributed by atoms with Gasteiger partial charge in [-0.15, -0.1) is 0 Å². The molecule has 11 nitrogen and oxygen atoms in total. The second-order valence-corrected chi connectivity index (χ2v) is 5.67. The lowest BCUT2D eigenvalue weighted by atomic mass is 10.1. The number of fused-ring (bicyclic) bond motifs is 1. The van der Waals surface area contributed by atoms with Crippen LogP contribution in [0.1, 0.15) is 17.3 Å². The van der Waals surface area contributed by atoms with Gasteiger partial charge in [0.15, 0.2) is 6.10 Å². The number of carbonyl (C=O) groups excluding carboxylic acids is 2. The fourth-order valence-corrected chi connectivity index (χ4v) is 2.43. The minimum Gasteiger partial charge on any atom is -0.479 e. The number of rotatable bonds is 4. The number of ether oxygens (including phenoxy) is 1. The van der Waals surface area contributed by atoms with E-state index in [1.807, 2.05) is 0 Å². The van der Waals surface area contributed by atoms with Gasteiger partial charge >= 0.3 is 0 Å². The van der Waals surface area contributed by atoms with E-state index in [0.717, 1.165) is 18.2 Å². The number of anilines is 2. The predicted octanol–water partition coefficient (Wildman–Crippen LogP) is 2.47. The Morgan fingerprint density at radius 3 is 2.33 bits per heavy atom. The van der Waals surface area contributed by atoms with Gasteiger partial charge < -0.3 is 15.4 Å². The topological polar surface area (TPSA) is 154 Å². The summed E-state index contributed by atoms with van der Waals surface area (Å²) in [6.45, 7) is 1.59. The second-order valence-electron chi connectivity index (χ2n) is 5.67. The van der Waals surface area contributed by atoms with E-state index in [1.165, 1.54) is 18.2 Å². The van der Waals surface area contributed by atoms with Gasteiger partial charge in [-0.05, 0) is 25.1 Å². The van der Waals surface area contributed by atoms with Crippen molar-refractivity contribution in [3.8, 4) is 5.75 Å². The van der Waals surface area contributed by atoms with Gasteiger partial charge in [0.25, 0.3) is 23.2 Å². The number of non-ortho nitro benzene ring substituents is 2. The molecule has 0 aliphatic carbocycles. The van der Waals surface area contributed by atoms with Gasteiger partial charge in [0.05, 0.1) is 27.2 Å². The largest absolute Gasteiger partial charge is 0.479 e. The standard InChI is InChI=1S/C16H12N4O7/c1-8-15(21)18-13-6-10(2-3-14(13)27-8)17-16(22)9-4-11(19(23)24)7-12(5-9)20(25)26/h2-8H,1H3,(H,17,22)(H,18,21). The van der Waals surface area contributed by atoms with Crippen LogP contribution < -0.4 is 15.4 Å². The summed E-state index contributed by atoms with van der Waals surface area (Å²) in [6, 6.07) is 7.14. The van der Waals surface area contributed by atoms with Crippen LogP contribution in [0.4, 0.5) is 22.7 Å². The van der Waals surface area contributed by atoms with Gasteiger partial charge in [0.1, 0.15) is 5.75 Å². The van der Waals surface area contributed by atoms with Crippen molar-refractivity contribution in [3.63, 3.8) is 0 Å². The molecule has 1 unspecified atom stereocenters. The summed E-state index contributed by atoms with van der Waals surface area (Å²) in [5, 5.41) is 26.9. The first-order valence-corrected chi connectivity index (χ1v) is 7.61. The molecule has 0 fully saturated rings. The molecule has 0 saturated heterocycles. The summed E-state index contributed by atoms with van der Waals surface area (Å²) in [4.78, 5) is 44.2. The van der Waals surface area contributed by atoms with E-state index >= 15 is 0 Å². The first-order valence-electron chi connectivity index (χ1n) is 7.61.